The third-order valence-corrected chi connectivity index (χ3v) is 6.78. The van der Waals surface area contributed by atoms with E-state index in [1.54, 1.807) is 30.5 Å². The van der Waals surface area contributed by atoms with E-state index in [1.807, 2.05) is 6.07 Å². The lowest BCUT2D eigenvalue weighted by Crippen LogP contribution is -2.44. The number of rotatable bonds is 4. The molecule has 0 radical (unpaired) electrons. The first-order chi connectivity index (χ1) is 14.1. The Hall–Kier alpha value is -2.45. The minimum absolute atomic E-state index is 0.165. The Balaban J connectivity index is 1.50. The summed E-state index contributed by atoms with van der Waals surface area (Å²) in [6, 6.07) is 9.92. The molecular weight excluding hydrogens is 391 g/mol. The van der Waals surface area contributed by atoms with E-state index in [1.165, 1.54) is 22.5 Å². The average Bonchev–Trinajstić information content (AvgIpc) is 3.43. The smallest absolute Gasteiger partial charge is 0.264 e. The molecule has 150 valence electrons. The van der Waals surface area contributed by atoms with Gasteiger partial charge < -0.3 is 4.42 Å². The van der Waals surface area contributed by atoms with Crippen LogP contribution in [0.1, 0.15) is 36.2 Å². The number of hydrogen-bond donors (Lipinski definition) is 0. The van der Waals surface area contributed by atoms with Crippen molar-refractivity contribution in [3.63, 3.8) is 0 Å². The Kier molecular flexibility index (Phi) is 4.75. The summed E-state index contributed by atoms with van der Waals surface area (Å²) in [4.78, 5) is 20.0. The SMILES string of the molecule is CC1CCCN(C(c2ccccc2F)C2Sc3nc(-c4ccco4)nn3C2=O)C1. The van der Waals surface area contributed by atoms with Crippen LogP contribution in [-0.2, 0) is 0 Å². The van der Waals surface area contributed by atoms with Gasteiger partial charge in [0.05, 0.1) is 12.3 Å². The summed E-state index contributed by atoms with van der Waals surface area (Å²) in [6.45, 7) is 3.90. The van der Waals surface area contributed by atoms with Crippen molar-refractivity contribution < 1.29 is 13.6 Å². The third kappa shape index (κ3) is 3.30. The topological polar surface area (TPSA) is 64.2 Å². The van der Waals surface area contributed by atoms with Crippen molar-refractivity contribution in [2.45, 2.75) is 36.2 Å². The van der Waals surface area contributed by atoms with Crippen molar-refractivity contribution in [2.75, 3.05) is 13.1 Å². The summed E-state index contributed by atoms with van der Waals surface area (Å²) < 4.78 is 21.5. The van der Waals surface area contributed by atoms with E-state index in [4.69, 9.17) is 4.42 Å². The normalized spacial score (nSPS) is 23.3. The maximum Gasteiger partial charge on any atom is 0.264 e. The quantitative estimate of drug-likeness (QED) is 0.638. The zero-order valence-corrected chi connectivity index (χ0v) is 16.8. The van der Waals surface area contributed by atoms with Crippen LogP contribution in [0.25, 0.3) is 11.6 Å². The predicted molar refractivity (Wildman–Crippen MR) is 107 cm³/mol. The molecule has 0 N–H and O–H groups in total. The van der Waals surface area contributed by atoms with Gasteiger partial charge in [0.2, 0.25) is 5.82 Å². The third-order valence-electron chi connectivity index (χ3n) is 5.60. The summed E-state index contributed by atoms with van der Waals surface area (Å²) in [7, 11) is 0. The van der Waals surface area contributed by atoms with Gasteiger partial charge in [-0.25, -0.2) is 4.39 Å². The second kappa shape index (κ2) is 7.42. The molecule has 1 fully saturated rings. The Morgan fingerprint density at radius 3 is 2.86 bits per heavy atom. The van der Waals surface area contributed by atoms with Gasteiger partial charge in [-0.05, 0) is 43.5 Å². The first kappa shape index (κ1) is 18.6. The van der Waals surface area contributed by atoms with Crippen LogP contribution in [0.15, 0.2) is 52.2 Å². The van der Waals surface area contributed by atoms with E-state index in [2.05, 4.69) is 21.9 Å². The van der Waals surface area contributed by atoms with E-state index in [9.17, 15) is 9.18 Å². The van der Waals surface area contributed by atoms with Crippen molar-refractivity contribution in [1.82, 2.24) is 19.7 Å². The fourth-order valence-corrected chi connectivity index (χ4v) is 5.50. The summed E-state index contributed by atoms with van der Waals surface area (Å²) in [6.07, 6.45) is 3.75. The number of benzene rings is 1. The highest BCUT2D eigenvalue weighted by Crippen LogP contribution is 2.43. The number of piperidine rings is 1. The standard InChI is InChI=1S/C21H21FN4O2S/c1-13-6-4-10-25(12-13)17(14-7-2-3-8-15(14)22)18-20(27)26-21(29-18)23-19(24-26)16-9-5-11-28-16/h2-3,5,7-9,11,13,17-18H,4,6,10,12H2,1H3. The largest absolute Gasteiger partial charge is 0.461 e. The molecule has 29 heavy (non-hydrogen) atoms. The molecule has 3 unspecified atom stereocenters. The molecule has 1 aromatic carbocycles. The Morgan fingerprint density at radius 2 is 2.14 bits per heavy atom. The lowest BCUT2D eigenvalue weighted by molar-refractivity contribution is 0.0784. The molecule has 2 aromatic heterocycles. The Labute approximate surface area is 172 Å². The molecule has 2 aliphatic rings. The van der Waals surface area contributed by atoms with Crippen LogP contribution in [0.5, 0.6) is 0 Å². The molecule has 1 saturated heterocycles. The van der Waals surface area contributed by atoms with Crippen molar-refractivity contribution in [1.29, 1.82) is 0 Å². The number of likely N-dealkylation sites (tertiary alicyclic amines) is 1. The molecule has 3 atom stereocenters. The van der Waals surface area contributed by atoms with Gasteiger partial charge in [0.1, 0.15) is 11.1 Å². The highest BCUT2D eigenvalue weighted by atomic mass is 32.2. The Morgan fingerprint density at radius 1 is 1.28 bits per heavy atom. The maximum absolute atomic E-state index is 14.8. The molecule has 4 heterocycles. The summed E-state index contributed by atoms with van der Waals surface area (Å²) >= 11 is 1.36. The molecule has 6 nitrogen and oxygen atoms in total. The maximum atomic E-state index is 14.8. The lowest BCUT2D eigenvalue weighted by Gasteiger charge is -2.39. The number of furan rings is 1. The fourth-order valence-electron chi connectivity index (χ4n) is 4.26. The van der Waals surface area contributed by atoms with E-state index in [0.29, 0.717) is 28.2 Å². The van der Waals surface area contributed by atoms with E-state index in [-0.39, 0.29) is 17.8 Å². The predicted octanol–water partition coefficient (Wildman–Crippen LogP) is 4.26. The minimum atomic E-state index is -0.488. The van der Waals surface area contributed by atoms with Crippen LogP contribution < -0.4 is 0 Å². The van der Waals surface area contributed by atoms with Crippen LogP contribution in [0.2, 0.25) is 0 Å². The van der Waals surface area contributed by atoms with Gasteiger partial charge in [-0.2, -0.15) is 9.67 Å². The number of halogens is 1. The molecule has 0 amide bonds. The number of hydrogen-bond acceptors (Lipinski definition) is 6. The van der Waals surface area contributed by atoms with Gasteiger partial charge in [0.25, 0.3) is 5.91 Å². The number of carbonyl (C=O) groups excluding carboxylic acids is 1. The first-order valence-corrected chi connectivity index (χ1v) is 10.7. The van der Waals surface area contributed by atoms with E-state index >= 15 is 0 Å². The van der Waals surface area contributed by atoms with Gasteiger partial charge in [-0.15, -0.1) is 5.10 Å². The number of carbonyl (C=O) groups is 1. The fraction of sp³-hybridized carbons (Fsp3) is 0.381. The van der Waals surface area contributed by atoms with E-state index < -0.39 is 5.25 Å². The zero-order valence-electron chi connectivity index (χ0n) is 16.0. The van der Waals surface area contributed by atoms with Crippen molar-refractivity contribution in [3.8, 4) is 11.6 Å². The summed E-state index contributed by atoms with van der Waals surface area (Å²) in [5.74, 6) is 0.977. The van der Waals surface area contributed by atoms with Crippen molar-refractivity contribution in [2.24, 2.45) is 5.92 Å². The number of fused-ring (bicyclic) bond motifs is 1. The first-order valence-electron chi connectivity index (χ1n) is 9.82. The molecule has 0 bridgehead atoms. The van der Waals surface area contributed by atoms with Crippen LogP contribution in [0, 0.1) is 11.7 Å². The molecular formula is C21H21FN4O2S. The number of nitrogens with zero attached hydrogens (tertiary/aromatic N) is 4. The van der Waals surface area contributed by atoms with Crippen molar-refractivity contribution >= 4 is 17.7 Å². The lowest BCUT2D eigenvalue weighted by atomic mass is 9.94. The van der Waals surface area contributed by atoms with E-state index in [0.717, 1.165) is 25.9 Å². The molecule has 0 aliphatic carbocycles. The highest BCUT2D eigenvalue weighted by molar-refractivity contribution is 8.00. The summed E-state index contributed by atoms with van der Waals surface area (Å²) in [5.41, 5.74) is 0.560. The van der Waals surface area contributed by atoms with Gasteiger partial charge in [0, 0.05) is 12.1 Å². The minimum Gasteiger partial charge on any atom is -0.461 e. The second-order valence-corrected chi connectivity index (χ2v) is 8.80. The second-order valence-electron chi connectivity index (χ2n) is 7.69. The van der Waals surface area contributed by atoms with Crippen LogP contribution in [0.3, 0.4) is 0 Å². The van der Waals surface area contributed by atoms with Gasteiger partial charge in [-0.1, -0.05) is 36.9 Å². The molecule has 2 aliphatic heterocycles. The molecule has 8 heteroatoms. The van der Waals surface area contributed by atoms with Gasteiger partial charge in [-0.3, -0.25) is 9.69 Å². The molecule has 3 aromatic rings. The molecule has 5 rings (SSSR count). The number of thioether (sulfide) groups is 1. The van der Waals surface area contributed by atoms with Crippen molar-refractivity contribution in [3.05, 3.63) is 54.0 Å². The summed E-state index contributed by atoms with van der Waals surface area (Å²) in [5, 5.41) is 4.39. The van der Waals surface area contributed by atoms with Crippen LogP contribution in [-0.4, -0.2) is 43.9 Å². The van der Waals surface area contributed by atoms with Gasteiger partial charge in [0.15, 0.2) is 10.9 Å². The van der Waals surface area contributed by atoms with Gasteiger partial charge >= 0.3 is 0 Å². The Bertz CT molecular complexity index is 1040. The highest BCUT2D eigenvalue weighted by Gasteiger charge is 2.44. The number of aromatic nitrogens is 3. The zero-order chi connectivity index (χ0) is 20.0. The average molecular weight is 412 g/mol. The van der Waals surface area contributed by atoms with Crippen LogP contribution >= 0.6 is 11.8 Å². The molecule has 0 saturated carbocycles. The molecule has 0 spiro atoms. The monoisotopic (exact) mass is 412 g/mol. The van der Waals surface area contributed by atoms with Crippen LogP contribution in [0.4, 0.5) is 4.39 Å².